The number of nitriles is 1. The first-order chi connectivity index (χ1) is 20.4. The number of rotatable bonds is 9. The lowest BCUT2D eigenvalue weighted by atomic mass is 10.0. The normalized spacial score (nSPS) is 16.8. The maximum Gasteiger partial charge on any atom is 0.270 e. The first-order valence-electron chi connectivity index (χ1n) is 14.4. The van der Waals surface area contributed by atoms with Crippen molar-refractivity contribution in [3.63, 3.8) is 0 Å². The maximum atomic E-state index is 13.6. The molecule has 42 heavy (non-hydrogen) atoms. The number of carbonyl (C=O) groups is 1. The molecule has 0 saturated carbocycles. The third-order valence-corrected chi connectivity index (χ3v) is 9.21. The van der Waals surface area contributed by atoms with Gasteiger partial charge < -0.3 is 4.90 Å². The minimum atomic E-state index is -0.272. The maximum absolute atomic E-state index is 13.6. The molecule has 2 aliphatic heterocycles. The van der Waals surface area contributed by atoms with Crippen molar-refractivity contribution in [1.29, 1.82) is 5.26 Å². The second-order valence-corrected chi connectivity index (χ2v) is 12.3. The number of benzene rings is 2. The van der Waals surface area contributed by atoms with Crippen LogP contribution in [0.25, 0.3) is 6.08 Å². The van der Waals surface area contributed by atoms with E-state index in [1.807, 2.05) is 56.3 Å². The van der Waals surface area contributed by atoms with Crippen LogP contribution in [0, 0.1) is 18.3 Å². The molecule has 0 bridgehead atoms. The van der Waals surface area contributed by atoms with Gasteiger partial charge in [-0.2, -0.15) is 5.26 Å². The molecule has 2 fully saturated rings. The van der Waals surface area contributed by atoms with Crippen LogP contribution >= 0.6 is 24.0 Å². The molecule has 2 saturated heterocycles. The van der Waals surface area contributed by atoms with Gasteiger partial charge in [0, 0.05) is 51.4 Å². The molecule has 3 aromatic rings. The van der Waals surface area contributed by atoms with E-state index in [4.69, 9.17) is 12.2 Å². The fourth-order valence-electron chi connectivity index (χ4n) is 5.58. The van der Waals surface area contributed by atoms with Crippen molar-refractivity contribution in [2.75, 3.05) is 37.6 Å². The quantitative estimate of drug-likeness (QED) is 0.248. The van der Waals surface area contributed by atoms with Crippen molar-refractivity contribution < 1.29 is 4.79 Å². The van der Waals surface area contributed by atoms with E-state index in [0.29, 0.717) is 34.3 Å². The highest BCUT2D eigenvalue weighted by molar-refractivity contribution is 8.26. The monoisotopic (exact) mass is 597 g/mol. The smallest absolute Gasteiger partial charge is 0.270 e. The molecule has 0 atom stereocenters. The number of anilines is 1. The van der Waals surface area contributed by atoms with E-state index in [0.717, 1.165) is 56.1 Å². The summed E-state index contributed by atoms with van der Waals surface area (Å²) in [5, 5.41) is 9.96. The number of aromatic nitrogens is 1. The number of hydrogen-bond acceptors (Lipinski definition) is 7. The topological polar surface area (TPSA) is 72.6 Å². The molecule has 9 heteroatoms. The van der Waals surface area contributed by atoms with E-state index in [1.165, 1.54) is 17.3 Å². The average molecular weight is 598 g/mol. The van der Waals surface area contributed by atoms with Gasteiger partial charge in [0.2, 0.25) is 0 Å². The Morgan fingerprint density at radius 2 is 1.60 bits per heavy atom. The van der Waals surface area contributed by atoms with Crippen molar-refractivity contribution in [1.82, 2.24) is 14.4 Å². The molecule has 0 radical (unpaired) electrons. The van der Waals surface area contributed by atoms with Gasteiger partial charge in [0.05, 0.1) is 4.91 Å². The number of carbonyl (C=O) groups excluding carboxylic acids is 1. The summed E-state index contributed by atoms with van der Waals surface area (Å²) in [5.74, 6) is 0.651. The van der Waals surface area contributed by atoms with Gasteiger partial charge in [-0.15, -0.1) is 0 Å². The first kappa shape index (κ1) is 29.8. The van der Waals surface area contributed by atoms with Crippen LogP contribution in [0.4, 0.5) is 5.82 Å². The van der Waals surface area contributed by atoms with E-state index in [9.17, 15) is 14.9 Å². The van der Waals surface area contributed by atoms with E-state index < -0.39 is 0 Å². The van der Waals surface area contributed by atoms with Gasteiger partial charge in [-0.25, -0.2) is 0 Å². The van der Waals surface area contributed by atoms with Crippen molar-refractivity contribution in [2.24, 2.45) is 0 Å². The Morgan fingerprint density at radius 3 is 2.21 bits per heavy atom. The Morgan fingerprint density at radius 1 is 0.952 bits per heavy atom. The molecule has 0 spiro atoms. The van der Waals surface area contributed by atoms with E-state index in [-0.39, 0.29) is 17.0 Å². The fraction of sp³-hybridized carbons (Fsp3) is 0.333. The number of piperazine rings is 1. The van der Waals surface area contributed by atoms with Crippen LogP contribution < -0.4 is 10.5 Å². The Bertz CT molecular complexity index is 1590. The Labute approximate surface area is 257 Å². The zero-order valence-electron chi connectivity index (χ0n) is 24.1. The predicted molar refractivity (Wildman–Crippen MR) is 174 cm³/mol. The molecule has 2 aliphatic rings. The Kier molecular flexibility index (Phi) is 9.58. The van der Waals surface area contributed by atoms with Crippen LogP contribution in [0.1, 0.15) is 41.2 Å². The van der Waals surface area contributed by atoms with Crippen molar-refractivity contribution in [3.8, 4) is 6.07 Å². The van der Waals surface area contributed by atoms with Crippen LogP contribution in [-0.2, 0) is 24.3 Å². The third-order valence-electron chi connectivity index (χ3n) is 7.83. The molecule has 3 heterocycles. The molecule has 1 amide bonds. The van der Waals surface area contributed by atoms with E-state index >= 15 is 0 Å². The summed E-state index contributed by atoms with van der Waals surface area (Å²) >= 11 is 6.91. The Balaban J connectivity index is 1.46. The summed E-state index contributed by atoms with van der Waals surface area (Å²) < 4.78 is 2.26. The summed E-state index contributed by atoms with van der Waals surface area (Å²) in [5.41, 5.74) is 3.63. The average Bonchev–Trinajstić information content (AvgIpc) is 3.27. The SMILES string of the molecule is CCCn1c(N2CCN(Cc3ccccc3)CC2)c(C=C2SC(=S)N(CCc3ccccc3)C2=O)c(C)c(C#N)c1=O. The summed E-state index contributed by atoms with van der Waals surface area (Å²) in [7, 11) is 0. The molecule has 0 N–H and O–H groups in total. The van der Waals surface area contributed by atoms with Crippen molar-refractivity contribution >= 4 is 46.1 Å². The summed E-state index contributed by atoms with van der Waals surface area (Å²) in [6.45, 7) is 8.86. The van der Waals surface area contributed by atoms with Crippen LogP contribution in [0.2, 0.25) is 0 Å². The summed E-state index contributed by atoms with van der Waals surface area (Å²) in [6.07, 6.45) is 3.31. The fourth-order valence-corrected chi connectivity index (χ4v) is 6.88. The zero-order valence-corrected chi connectivity index (χ0v) is 25.7. The number of thioether (sulfide) groups is 1. The lowest BCUT2D eigenvalue weighted by Crippen LogP contribution is -2.48. The lowest BCUT2D eigenvalue weighted by Gasteiger charge is -2.38. The highest BCUT2D eigenvalue weighted by Gasteiger charge is 2.33. The molecule has 5 rings (SSSR count). The van der Waals surface area contributed by atoms with Crippen LogP contribution in [0.15, 0.2) is 70.4 Å². The summed E-state index contributed by atoms with van der Waals surface area (Å²) in [6, 6.07) is 22.6. The molecule has 216 valence electrons. The van der Waals surface area contributed by atoms with Crippen molar-refractivity contribution in [3.05, 3.63) is 104 Å². The molecule has 2 aromatic carbocycles. The number of hydrogen-bond donors (Lipinski definition) is 0. The molecule has 1 aromatic heterocycles. The van der Waals surface area contributed by atoms with E-state index in [1.54, 1.807) is 9.47 Å². The van der Waals surface area contributed by atoms with Gasteiger partial charge in [-0.3, -0.25) is 24.0 Å². The predicted octanol–water partition coefficient (Wildman–Crippen LogP) is 5.20. The molecular weight excluding hydrogens is 563 g/mol. The lowest BCUT2D eigenvalue weighted by molar-refractivity contribution is -0.122. The highest BCUT2D eigenvalue weighted by Crippen LogP contribution is 2.36. The van der Waals surface area contributed by atoms with Crippen LogP contribution in [0.3, 0.4) is 0 Å². The zero-order chi connectivity index (χ0) is 29.6. The second kappa shape index (κ2) is 13.5. The Hall–Kier alpha value is -3.71. The minimum absolute atomic E-state index is 0.126. The first-order valence-corrected chi connectivity index (χ1v) is 15.6. The molecule has 7 nitrogen and oxygen atoms in total. The number of thiocarbonyl (C=S) groups is 1. The van der Waals surface area contributed by atoms with Crippen LogP contribution in [0.5, 0.6) is 0 Å². The third kappa shape index (κ3) is 6.36. The number of amides is 1. The molecule has 0 unspecified atom stereocenters. The standard InChI is InChI=1S/C33H35N5O2S2/c1-3-15-37-30(36-19-17-35(18-20-36)23-26-12-8-5-9-13-26)27(24(2)28(22-34)31(37)39)21-29-32(40)38(33(41)42-29)16-14-25-10-6-4-7-11-25/h4-13,21H,3,14-20,23H2,1-2H3. The van der Waals surface area contributed by atoms with Gasteiger partial charge in [-0.1, -0.05) is 91.6 Å². The van der Waals surface area contributed by atoms with Gasteiger partial charge in [-0.05, 0) is 42.5 Å². The molecule has 0 aliphatic carbocycles. The number of pyridine rings is 1. The van der Waals surface area contributed by atoms with Gasteiger partial charge in [0.15, 0.2) is 0 Å². The summed E-state index contributed by atoms with van der Waals surface area (Å²) in [4.78, 5) is 34.0. The van der Waals surface area contributed by atoms with E-state index in [2.05, 4.69) is 40.1 Å². The van der Waals surface area contributed by atoms with Crippen molar-refractivity contribution in [2.45, 2.75) is 39.8 Å². The second-order valence-electron chi connectivity index (χ2n) is 10.6. The molecular formula is C33H35N5O2S2. The van der Waals surface area contributed by atoms with Gasteiger partial charge in [0.25, 0.3) is 11.5 Å². The largest absolute Gasteiger partial charge is 0.355 e. The van der Waals surface area contributed by atoms with Gasteiger partial charge in [0.1, 0.15) is 21.8 Å². The highest BCUT2D eigenvalue weighted by atomic mass is 32.2. The number of nitrogens with zero attached hydrogens (tertiary/aromatic N) is 5. The van der Waals surface area contributed by atoms with Crippen LogP contribution in [-0.4, -0.2) is 57.3 Å². The van der Waals surface area contributed by atoms with Gasteiger partial charge >= 0.3 is 0 Å². The minimum Gasteiger partial charge on any atom is -0.355 e.